The Bertz CT molecular complexity index is 920. The molecule has 1 aliphatic rings. The van der Waals surface area contributed by atoms with Crippen LogP contribution in [0.15, 0.2) is 47.3 Å². The summed E-state index contributed by atoms with van der Waals surface area (Å²) in [6.45, 7) is 0.380. The molecule has 2 heterocycles. The average Bonchev–Trinajstić information content (AvgIpc) is 3.16. The standard InChI is InChI=1S/C15H11ClN4O3/c16-12-6-10(7-13-14(12)23-9-22-13)8-19-15(21)20(18-17-19)11-4-2-1-3-5-11/h1-7H,8-9H2. The van der Waals surface area contributed by atoms with Gasteiger partial charge in [0.05, 0.1) is 17.3 Å². The number of hydrogen-bond acceptors (Lipinski definition) is 5. The van der Waals surface area contributed by atoms with Gasteiger partial charge in [-0.15, -0.1) is 0 Å². The van der Waals surface area contributed by atoms with E-state index in [4.69, 9.17) is 21.1 Å². The highest BCUT2D eigenvalue weighted by atomic mass is 35.5. The van der Waals surface area contributed by atoms with Crippen molar-refractivity contribution in [2.24, 2.45) is 0 Å². The lowest BCUT2D eigenvalue weighted by molar-refractivity contribution is 0.174. The number of para-hydroxylation sites is 1. The highest BCUT2D eigenvalue weighted by Crippen LogP contribution is 2.39. The molecule has 0 spiro atoms. The maximum atomic E-state index is 12.4. The van der Waals surface area contributed by atoms with Crippen molar-refractivity contribution in [2.45, 2.75) is 6.54 Å². The van der Waals surface area contributed by atoms with Crippen LogP contribution in [0.3, 0.4) is 0 Å². The van der Waals surface area contributed by atoms with Crippen LogP contribution in [-0.4, -0.2) is 26.6 Å². The Hall–Kier alpha value is -2.80. The Kier molecular flexibility index (Phi) is 3.27. The molecular formula is C15H11ClN4O3. The molecule has 0 unspecified atom stereocenters. The van der Waals surface area contributed by atoms with Crippen LogP contribution < -0.4 is 15.2 Å². The van der Waals surface area contributed by atoms with Gasteiger partial charge in [-0.2, -0.15) is 9.36 Å². The summed E-state index contributed by atoms with van der Waals surface area (Å²) < 4.78 is 13.1. The van der Waals surface area contributed by atoms with E-state index in [0.29, 0.717) is 22.2 Å². The lowest BCUT2D eigenvalue weighted by Gasteiger charge is -2.04. The molecule has 0 atom stereocenters. The van der Waals surface area contributed by atoms with Gasteiger partial charge in [0, 0.05) is 0 Å². The van der Waals surface area contributed by atoms with E-state index in [1.807, 2.05) is 18.2 Å². The number of fused-ring (bicyclic) bond motifs is 1. The Balaban J connectivity index is 1.67. The first-order valence-corrected chi connectivity index (χ1v) is 7.26. The van der Waals surface area contributed by atoms with E-state index in [0.717, 1.165) is 5.56 Å². The molecule has 116 valence electrons. The molecule has 1 aliphatic heterocycles. The summed E-state index contributed by atoms with van der Waals surface area (Å²) in [7, 11) is 0. The van der Waals surface area contributed by atoms with Crippen molar-refractivity contribution in [2.75, 3.05) is 6.79 Å². The zero-order valence-electron chi connectivity index (χ0n) is 11.8. The fraction of sp³-hybridized carbons (Fsp3) is 0.133. The largest absolute Gasteiger partial charge is 0.454 e. The van der Waals surface area contributed by atoms with E-state index in [2.05, 4.69) is 10.4 Å². The van der Waals surface area contributed by atoms with Crippen molar-refractivity contribution in [3.63, 3.8) is 0 Å². The highest BCUT2D eigenvalue weighted by Gasteiger charge is 2.19. The van der Waals surface area contributed by atoms with E-state index in [1.54, 1.807) is 24.3 Å². The van der Waals surface area contributed by atoms with E-state index >= 15 is 0 Å². The van der Waals surface area contributed by atoms with Gasteiger partial charge in [0.2, 0.25) is 6.79 Å². The molecule has 0 amide bonds. The molecule has 1 aromatic heterocycles. The fourth-order valence-corrected chi connectivity index (χ4v) is 2.68. The maximum Gasteiger partial charge on any atom is 0.368 e. The molecule has 2 aromatic carbocycles. The molecule has 0 saturated carbocycles. The minimum Gasteiger partial charge on any atom is -0.454 e. The molecule has 0 aliphatic carbocycles. The monoisotopic (exact) mass is 330 g/mol. The molecule has 0 saturated heterocycles. The van der Waals surface area contributed by atoms with Crippen LogP contribution in [-0.2, 0) is 6.54 Å². The molecule has 0 fully saturated rings. The quantitative estimate of drug-likeness (QED) is 0.733. The first kappa shape index (κ1) is 13.8. The van der Waals surface area contributed by atoms with Crippen molar-refractivity contribution in [1.82, 2.24) is 19.8 Å². The molecule has 0 radical (unpaired) electrons. The van der Waals surface area contributed by atoms with Gasteiger partial charge in [0.1, 0.15) is 0 Å². The molecular weight excluding hydrogens is 320 g/mol. The zero-order chi connectivity index (χ0) is 15.8. The molecule has 8 heteroatoms. The number of benzene rings is 2. The second-order valence-corrected chi connectivity index (χ2v) is 5.39. The number of tetrazole rings is 1. The molecule has 3 aromatic rings. The van der Waals surface area contributed by atoms with E-state index in [-0.39, 0.29) is 19.0 Å². The van der Waals surface area contributed by atoms with Crippen molar-refractivity contribution in [3.05, 3.63) is 63.5 Å². The highest BCUT2D eigenvalue weighted by molar-refractivity contribution is 6.32. The SMILES string of the molecule is O=c1n(Cc2cc(Cl)c3c(c2)OCO3)nnn1-c1ccccc1. The van der Waals surface area contributed by atoms with Crippen LogP contribution in [0.5, 0.6) is 11.5 Å². The van der Waals surface area contributed by atoms with Crippen molar-refractivity contribution < 1.29 is 9.47 Å². The van der Waals surface area contributed by atoms with E-state index in [1.165, 1.54) is 9.36 Å². The number of halogens is 1. The molecule has 23 heavy (non-hydrogen) atoms. The average molecular weight is 331 g/mol. The van der Waals surface area contributed by atoms with Gasteiger partial charge in [0.15, 0.2) is 11.5 Å². The smallest absolute Gasteiger partial charge is 0.368 e. The lowest BCUT2D eigenvalue weighted by Crippen LogP contribution is -2.24. The van der Waals surface area contributed by atoms with Gasteiger partial charge in [0.25, 0.3) is 0 Å². The zero-order valence-corrected chi connectivity index (χ0v) is 12.6. The summed E-state index contributed by atoms with van der Waals surface area (Å²) in [5, 5.41) is 8.26. The van der Waals surface area contributed by atoms with Gasteiger partial charge in [-0.1, -0.05) is 29.8 Å². The second kappa shape index (κ2) is 5.44. The predicted octanol–water partition coefficient (Wildman–Crippen LogP) is 1.86. The molecule has 4 rings (SSSR count). The van der Waals surface area contributed by atoms with Gasteiger partial charge in [-0.3, -0.25) is 0 Å². The first-order valence-electron chi connectivity index (χ1n) is 6.88. The number of hydrogen-bond donors (Lipinski definition) is 0. The third kappa shape index (κ3) is 2.44. The summed E-state index contributed by atoms with van der Waals surface area (Å²) in [6, 6.07) is 12.6. The Morgan fingerprint density at radius 1 is 1.13 bits per heavy atom. The minimum atomic E-state index is -0.329. The molecule has 0 bridgehead atoms. The van der Waals surface area contributed by atoms with Gasteiger partial charge in [-0.05, 0) is 40.3 Å². The Labute approximate surface area is 135 Å². The molecule has 0 N–H and O–H groups in total. The number of rotatable bonds is 3. The molecule has 7 nitrogen and oxygen atoms in total. The van der Waals surface area contributed by atoms with Gasteiger partial charge < -0.3 is 9.47 Å². The Morgan fingerprint density at radius 3 is 2.78 bits per heavy atom. The first-order chi connectivity index (χ1) is 11.2. The summed E-state index contributed by atoms with van der Waals surface area (Å²) in [5.41, 5.74) is 1.11. The van der Waals surface area contributed by atoms with Crippen molar-refractivity contribution in [1.29, 1.82) is 0 Å². The van der Waals surface area contributed by atoms with Crippen LogP contribution in [0.25, 0.3) is 5.69 Å². The van der Waals surface area contributed by atoms with Crippen molar-refractivity contribution in [3.8, 4) is 17.2 Å². The van der Waals surface area contributed by atoms with Gasteiger partial charge >= 0.3 is 5.69 Å². The lowest BCUT2D eigenvalue weighted by atomic mass is 10.2. The minimum absolute atomic E-state index is 0.142. The van der Waals surface area contributed by atoms with Crippen LogP contribution in [0, 0.1) is 0 Å². The maximum absolute atomic E-state index is 12.4. The fourth-order valence-electron chi connectivity index (χ4n) is 2.39. The van der Waals surface area contributed by atoms with Crippen molar-refractivity contribution >= 4 is 11.6 Å². The van der Waals surface area contributed by atoms with E-state index < -0.39 is 0 Å². The van der Waals surface area contributed by atoms with Crippen LogP contribution in [0.2, 0.25) is 5.02 Å². The Morgan fingerprint density at radius 2 is 1.96 bits per heavy atom. The summed E-state index contributed by atoms with van der Waals surface area (Å²) in [5.74, 6) is 1.09. The van der Waals surface area contributed by atoms with Crippen LogP contribution >= 0.6 is 11.6 Å². The summed E-state index contributed by atoms with van der Waals surface area (Å²) in [4.78, 5) is 12.4. The third-order valence-corrected chi connectivity index (χ3v) is 3.74. The normalized spacial score (nSPS) is 12.6. The second-order valence-electron chi connectivity index (χ2n) is 4.98. The number of ether oxygens (including phenoxy) is 2. The van der Waals surface area contributed by atoms with Crippen LogP contribution in [0.4, 0.5) is 0 Å². The number of aromatic nitrogens is 4. The van der Waals surface area contributed by atoms with Gasteiger partial charge in [-0.25, -0.2) is 4.79 Å². The summed E-state index contributed by atoms with van der Waals surface area (Å²) in [6.07, 6.45) is 0. The van der Waals surface area contributed by atoms with E-state index in [9.17, 15) is 4.79 Å². The number of nitrogens with zero attached hydrogens (tertiary/aromatic N) is 4. The summed E-state index contributed by atoms with van der Waals surface area (Å²) >= 11 is 6.15. The predicted molar refractivity (Wildman–Crippen MR) is 82.3 cm³/mol. The topological polar surface area (TPSA) is 71.2 Å². The third-order valence-electron chi connectivity index (χ3n) is 3.46. The van der Waals surface area contributed by atoms with Crippen LogP contribution in [0.1, 0.15) is 5.56 Å².